The van der Waals surface area contributed by atoms with E-state index in [0.717, 1.165) is 0 Å². The monoisotopic (exact) mass is 312 g/mol. The van der Waals surface area contributed by atoms with Crippen molar-refractivity contribution in [2.75, 3.05) is 26.1 Å². The summed E-state index contributed by atoms with van der Waals surface area (Å²) in [5.74, 6) is 1.32. The fourth-order valence-electron chi connectivity index (χ4n) is 1.89. The first kappa shape index (κ1) is 16.2. The lowest BCUT2D eigenvalue weighted by molar-refractivity contribution is -0.118. The standard InChI is InChI=1S/C17H16N2O4/c1-21-15-8-5-13(9-16(15)22-2)19-17(20)11-23-14-6-3-12(10-18)4-7-14/h3-9H,11H2,1-2H3,(H,19,20). The van der Waals surface area contributed by atoms with Gasteiger partial charge in [-0.1, -0.05) is 0 Å². The van der Waals surface area contributed by atoms with Crippen LogP contribution in [0.1, 0.15) is 5.56 Å². The Morgan fingerprint density at radius 1 is 1.09 bits per heavy atom. The van der Waals surface area contributed by atoms with Gasteiger partial charge in [-0.2, -0.15) is 5.26 Å². The topological polar surface area (TPSA) is 80.6 Å². The zero-order valence-corrected chi connectivity index (χ0v) is 12.8. The fraction of sp³-hybridized carbons (Fsp3) is 0.176. The molecule has 0 bridgehead atoms. The van der Waals surface area contributed by atoms with Gasteiger partial charge in [0.05, 0.1) is 25.9 Å². The van der Waals surface area contributed by atoms with Gasteiger partial charge in [0.15, 0.2) is 18.1 Å². The van der Waals surface area contributed by atoms with Crippen molar-refractivity contribution in [3.05, 3.63) is 48.0 Å². The van der Waals surface area contributed by atoms with Crippen LogP contribution in [0, 0.1) is 11.3 Å². The Balaban J connectivity index is 1.92. The van der Waals surface area contributed by atoms with E-state index in [0.29, 0.717) is 28.5 Å². The number of nitrogens with one attached hydrogen (secondary N) is 1. The summed E-state index contributed by atoms with van der Waals surface area (Å²) < 4.78 is 15.7. The predicted octanol–water partition coefficient (Wildman–Crippen LogP) is 2.59. The lowest BCUT2D eigenvalue weighted by atomic mass is 10.2. The summed E-state index contributed by atoms with van der Waals surface area (Å²) in [4.78, 5) is 11.9. The molecule has 0 saturated carbocycles. The van der Waals surface area contributed by atoms with Gasteiger partial charge < -0.3 is 19.5 Å². The molecule has 0 aliphatic rings. The summed E-state index contributed by atoms with van der Waals surface area (Å²) in [5.41, 5.74) is 1.11. The van der Waals surface area contributed by atoms with Crippen molar-refractivity contribution in [2.24, 2.45) is 0 Å². The molecule has 1 N–H and O–H groups in total. The molecular formula is C17H16N2O4. The molecule has 1 amide bonds. The lowest BCUT2D eigenvalue weighted by Crippen LogP contribution is -2.20. The van der Waals surface area contributed by atoms with Crippen LogP contribution in [-0.2, 0) is 4.79 Å². The molecule has 0 aliphatic heterocycles. The van der Waals surface area contributed by atoms with Crippen LogP contribution >= 0.6 is 0 Å². The summed E-state index contributed by atoms with van der Waals surface area (Å²) in [6.45, 7) is -0.139. The van der Waals surface area contributed by atoms with Gasteiger partial charge in [0.2, 0.25) is 0 Å². The second-order valence-electron chi connectivity index (χ2n) is 4.54. The number of carbonyl (C=O) groups is 1. The van der Waals surface area contributed by atoms with Crippen LogP contribution in [0.3, 0.4) is 0 Å². The Kier molecular flexibility index (Phi) is 5.42. The van der Waals surface area contributed by atoms with Crippen molar-refractivity contribution in [1.82, 2.24) is 0 Å². The average molecular weight is 312 g/mol. The minimum atomic E-state index is -0.304. The van der Waals surface area contributed by atoms with Crippen molar-refractivity contribution in [2.45, 2.75) is 0 Å². The third kappa shape index (κ3) is 4.38. The van der Waals surface area contributed by atoms with Gasteiger partial charge in [0, 0.05) is 11.8 Å². The van der Waals surface area contributed by atoms with Crippen LogP contribution < -0.4 is 19.5 Å². The number of amides is 1. The highest BCUT2D eigenvalue weighted by molar-refractivity contribution is 5.92. The number of hydrogen-bond acceptors (Lipinski definition) is 5. The highest BCUT2D eigenvalue weighted by Gasteiger charge is 2.08. The normalized spacial score (nSPS) is 9.61. The largest absolute Gasteiger partial charge is 0.493 e. The molecule has 0 fully saturated rings. The first-order chi connectivity index (χ1) is 11.2. The molecule has 0 unspecified atom stereocenters. The second kappa shape index (κ2) is 7.71. The maximum atomic E-state index is 11.9. The molecule has 2 rings (SSSR count). The molecule has 0 aliphatic carbocycles. The number of benzene rings is 2. The van der Waals surface area contributed by atoms with E-state index in [2.05, 4.69) is 5.32 Å². The Morgan fingerprint density at radius 2 is 1.78 bits per heavy atom. The quantitative estimate of drug-likeness (QED) is 0.886. The van der Waals surface area contributed by atoms with E-state index in [1.54, 1.807) is 49.6 Å². The number of carbonyl (C=O) groups excluding carboxylic acids is 1. The zero-order valence-electron chi connectivity index (χ0n) is 12.8. The molecule has 0 radical (unpaired) electrons. The number of ether oxygens (including phenoxy) is 3. The van der Waals surface area contributed by atoms with Gasteiger partial charge in [-0.05, 0) is 36.4 Å². The maximum Gasteiger partial charge on any atom is 0.262 e. The molecule has 118 valence electrons. The van der Waals surface area contributed by atoms with Crippen molar-refractivity contribution >= 4 is 11.6 Å². The number of methoxy groups -OCH3 is 2. The van der Waals surface area contributed by atoms with Crippen molar-refractivity contribution < 1.29 is 19.0 Å². The SMILES string of the molecule is COc1ccc(NC(=O)COc2ccc(C#N)cc2)cc1OC. The molecule has 23 heavy (non-hydrogen) atoms. The molecule has 6 nitrogen and oxygen atoms in total. The molecule has 0 atom stereocenters. The molecule has 0 saturated heterocycles. The number of rotatable bonds is 6. The average Bonchev–Trinajstić information content (AvgIpc) is 2.60. The Labute approximate surface area is 134 Å². The van der Waals surface area contributed by atoms with Gasteiger partial charge in [-0.3, -0.25) is 4.79 Å². The van der Waals surface area contributed by atoms with E-state index in [4.69, 9.17) is 19.5 Å². The van der Waals surface area contributed by atoms with Gasteiger partial charge >= 0.3 is 0 Å². The highest BCUT2D eigenvalue weighted by Crippen LogP contribution is 2.29. The van der Waals surface area contributed by atoms with Crippen molar-refractivity contribution in [3.63, 3.8) is 0 Å². The van der Waals surface area contributed by atoms with Gasteiger partial charge in [-0.15, -0.1) is 0 Å². The Morgan fingerprint density at radius 3 is 2.39 bits per heavy atom. The van der Waals surface area contributed by atoms with E-state index < -0.39 is 0 Å². The second-order valence-corrected chi connectivity index (χ2v) is 4.54. The van der Waals surface area contributed by atoms with Crippen LogP contribution in [0.25, 0.3) is 0 Å². The number of nitrogens with zero attached hydrogens (tertiary/aromatic N) is 1. The lowest BCUT2D eigenvalue weighted by Gasteiger charge is -2.11. The minimum absolute atomic E-state index is 0.139. The number of nitriles is 1. The summed E-state index contributed by atoms with van der Waals surface area (Å²) >= 11 is 0. The van der Waals surface area contributed by atoms with E-state index in [1.807, 2.05) is 6.07 Å². The van der Waals surface area contributed by atoms with Crippen LogP contribution in [-0.4, -0.2) is 26.7 Å². The third-order valence-electron chi connectivity index (χ3n) is 3.02. The van der Waals surface area contributed by atoms with Crippen molar-refractivity contribution in [3.8, 4) is 23.3 Å². The van der Waals surface area contributed by atoms with E-state index in [-0.39, 0.29) is 12.5 Å². The maximum absolute atomic E-state index is 11.9. The molecule has 2 aromatic rings. The fourth-order valence-corrected chi connectivity index (χ4v) is 1.89. The molecule has 6 heteroatoms. The highest BCUT2D eigenvalue weighted by atomic mass is 16.5. The number of hydrogen-bond donors (Lipinski definition) is 1. The Bertz CT molecular complexity index is 720. The smallest absolute Gasteiger partial charge is 0.262 e. The predicted molar refractivity (Wildman–Crippen MR) is 84.8 cm³/mol. The van der Waals surface area contributed by atoms with Crippen LogP contribution in [0.2, 0.25) is 0 Å². The summed E-state index contributed by atoms with van der Waals surface area (Å²) in [7, 11) is 3.07. The van der Waals surface area contributed by atoms with Crippen LogP contribution in [0.15, 0.2) is 42.5 Å². The molecular weight excluding hydrogens is 296 g/mol. The molecule has 0 heterocycles. The summed E-state index contributed by atoms with van der Waals surface area (Å²) in [6.07, 6.45) is 0. The van der Waals surface area contributed by atoms with Gasteiger partial charge in [0.25, 0.3) is 5.91 Å². The van der Waals surface area contributed by atoms with Crippen molar-refractivity contribution in [1.29, 1.82) is 5.26 Å². The molecule has 0 aromatic heterocycles. The first-order valence-corrected chi connectivity index (χ1v) is 6.81. The third-order valence-corrected chi connectivity index (χ3v) is 3.02. The van der Waals surface area contributed by atoms with Gasteiger partial charge in [0.1, 0.15) is 5.75 Å². The van der Waals surface area contributed by atoms with E-state index >= 15 is 0 Å². The summed E-state index contributed by atoms with van der Waals surface area (Å²) in [5, 5.41) is 11.4. The zero-order chi connectivity index (χ0) is 16.7. The minimum Gasteiger partial charge on any atom is -0.493 e. The summed E-state index contributed by atoms with van der Waals surface area (Å²) in [6, 6.07) is 13.6. The molecule has 2 aromatic carbocycles. The van der Waals surface area contributed by atoms with Crippen LogP contribution in [0.5, 0.6) is 17.2 Å². The Hall–Kier alpha value is -3.20. The van der Waals surface area contributed by atoms with E-state index in [1.165, 1.54) is 7.11 Å². The van der Waals surface area contributed by atoms with E-state index in [9.17, 15) is 4.79 Å². The van der Waals surface area contributed by atoms with Crippen LogP contribution in [0.4, 0.5) is 5.69 Å². The first-order valence-electron chi connectivity index (χ1n) is 6.81. The molecule has 0 spiro atoms. The number of anilines is 1. The van der Waals surface area contributed by atoms with Gasteiger partial charge in [-0.25, -0.2) is 0 Å².